The van der Waals surface area contributed by atoms with Gasteiger partial charge in [0.1, 0.15) is 18.9 Å². The van der Waals surface area contributed by atoms with Gasteiger partial charge in [-0.3, -0.25) is 9.10 Å². The van der Waals surface area contributed by atoms with Crippen molar-refractivity contribution in [3.8, 4) is 5.75 Å². The second-order valence-corrected chi connectivity index (χ2v) is 12.0. The van der Waals surface area contributed by atoms with E-state index in [1.807, 2.05) is 18.2 Å². The van der Waals surface area contributed by atoms with E-state index in [9.17, 15) is 13.2 Å². The van der Waals surface area contributed by atoms with Crippen LogP contribution in [0.15, 0.2) is 125 Å². The number of nitrogens with zero attached hydrogens (tertiary/aromatic N) is 2. The average molecular weight is 619 g/mol. The van der Waals surface area contributed by atoms with Gasteiger partial charge in [-0.15, -0.1) is 0 Å². The second kappa shape index (κ2) is 13.1. The van der Waals surface area contributed by atoms with Gasteiger partial charge in [-0.2, -0.15) is 5.10 Å². The average Bonchev–Trinajstić information content (AvgIpc) is 2.99. The van der Waals surface area contributed by atoms with E-state index in [1.54, 1.807) is 42.5 Å². The highest BCUT2D eigenvalue weighted by atomic mass is 35.5. The Hall–Kier alpha value is -4.37. The Morgan fingerprint density at radius 1 is 0.810 bits per heavy atom. The van der Waals surface area contributed by atoms with E-state index in [4.69, 9.17) is 27.9 Å². The smallest absolute Gasteiger partial charge is 0.264 e. The minimum absolute atomic E-state index is 0.0142. The molecule has 0 aromatic heterocycles. The zero-order chi connectivity index (χ0) is 29.5. The number of hydrogen-bond acceptors (Lipinski definition) is 5. The van der Waals surface area contributed by atoms with Crippen molar-refractivity contribution in [3.05, 3.63) is 136 Å². The molecule has 0 aliphatic rings. The van der Waals surface area contributed by atoms with Crippen molar-refractivity contribution in [3.63, 3.8) is 0 Å². The number of hydrogen-bond donors (Lipinski definition) is 1. The van der Waals surface area contributed by atoms with E-state index in [2.05, 4.69) is 34.8 Å². The summed E-state index contributed by atoms with van der Waals surface area (Å²) in [5.74, 6) is 0.0310. The van der Waals surface area contributed by atoms with E-state index in [0.29, 0.717) is 17.9 Å². The van der Waals surface area contributed by atoms with Gasteiger partial charge in [0.25, 0.3) is 15.9 Å². The third-order valence-corrected chi connectivity index (χ3v) is 8.48. The molecule has 0 atom stereocenters. The molecule has 0 saturated carbocycles. The molecule has 0 radical (unpaired) electrons. The molecular formula is C32H25Cl2N3O4S. The highest BCUT2D eigenvalue weighted by Crippen LogP contribution is 2.29. The van der Waals surface area contributed by atoms with Gasteiger partial charge >= 0.3 is 0 Å². The summed E-state index contributed by atoms with van der Waals surface area (Å²) in [6, 6.07) is 33.7. The van der Waals surface area contributed by atoms with Gasteiger partial charge < -0.3 is 4.74 Å². The number of halogens is 2. The first-order valence-electron chi connectivity index (χ1n) is 12.8. The Morgan fingerprint density at radius 2 is 1.48 bits per heavy atom. The molecule has 0 aliphatic heterocycles. The van der Waals surface area contributed by atoms with Gasteiger partial charge in [0.05, 0.1) is 16.8 Å². The van der Waals surface area contributed by atoms with E-state index in [-0.39, 0.29) is 20.6 Å². The molecule has 0 aliphatic carbocycles. The SMILES string of the molecule is O=C(CN(c1cc(Cl)cc(Cl)c1)S(=O)(=O)c1ccccc1)N/N=C\c1ccc(OCc2ccc3ccccc3c2)cc1. The predicted molar refractivity (Wildman–Crippen MR) is 168 cm³/mol. The molecule has 5 aromatic carbocycles. The summed E-state index contributed by atoms with van der Waals surface area (Å²) < 4.78 is 33.7. The largest absolute Gasteiger partial charge is 0.489 e. The Labute approximate surface area is 254 Å². The molecule has 212 valence electrons. The summed E-state index contributed by atoms with van der Waals surface area (Å²) in [4.78, 5) is 12.8. The van der Waals surface area contributed by atoms with Crippen molar-refractivity contribution in [2.75, 3.05) is 10.8 Å². The molecule has 0 heterocycles. The van der Waals surface area contributed by atoms with Crippen LogP contribution in [0.2, 0.25) is 10.0 Å². The number of amides is 1. The van der Waals surface area contributed by atoms with Crippen LogP contribution in [0.3, 0.4) is 0 Å². The summed E-state index contributed by atoms with van der Waals surface area (Å²) in [6.07, 6.45) is 1.46. The summed E-state index contributed by atoms with van der Waals surface area (Å²) in [5, 5.41) is 6.79. The van der Waals surface area contributed by atoms with Crippen LogP contribution < -0.4 is 14.5 Å². The summed E-state index contributed by atoms with van der Waals surface area (Å²) in [6.45, 7) is -0.124. The van der Waals surface area contributed by atoms with Crippen LogP contribution in [-0.2, 0) is 21.4 Å². The van der Waals surface area contributed by atoms with Crippen molar-refractivity contribution < 1.29 is 17.9 Å². The first-order valence-corrected chi connectivity index (χ1v) is 15.0. The molecule has 0 unspecified atom stereocenters. The quantitative estimate of drug-likeness (QED) is 0.134. The number of anilines is 1. The van der Waals surface area contributed by atoms with Gasteiger partial charge in [-0.05, 0) is 82.6 Å². The maximum Gasteiger partial charge on any atom is 0.264 e. The highest BCUT2D eigenvalue weighted by Gasteiger charge is 2.27. The van der Waals surface area contributed by atoms with E-state index >= 15 is 0 Å². The first-order chi connectivity index (χ1) is 20.3. The van der Waals surface area contributed by atoms with Crippen LogP contribution in [0.5, 0.6) is 5.75 Å². The van der Waals surface area contributed by atoms with Crippen LogP contribution in [-0.4, -0.2) is 27.1 Å². The standard InChI is InChI=1S/C32H25Cl2N3O4S/c33-27-17-28(34)19-29(18-27)37(42(39,40)31-8-2-1-3-9-31)21-32(38)36-35-20-23-11-14-30(15-12-23)41-22-24-10-13-25-6-4-5-7-26(25)16-24/h1-20H,21-22H2,(H,36,38)/b35-20-. The summed E-state index contributed by atoms with van der Waals surface area (Å²) in [5.41, 5.74) is 4.31. The van der Waals surface area contributed by atoms with Gasteiger partial charge in [-0.25, -0.2) is 13.8 Å². The molecule has 5 rings (SSSR count). The first kappa shape index (κ1) is 29.1. The number of ether oxygens (including phenoxy) is 1. The van der Waals surface area contributed by atoms with Crippen molar-refractivity contribution in [1.82, 2.24) is 5.43 Å². The lowest BCUT2D eigenvalue weighted by Gasteiger charge is -2.24. The van der Waals surface area contributed by atoms with Gasteiger partial charge in [0, 0.05) is 10.0 Å². The Balaban J connectivity index is 1.22. The lowest BCUT2D eigenvalue weighted by atomic mass is 10.1. The van der Waals surface area contributed by atoms with Crippen LogP contribution in [0.25, 0.3) is 10.8 Å². The maximum atomic E-state index is 13.4. The molecule has 5 aromatic rings. The third kappa shape index (κ3) is 7.28. The topological polar surface area (TPSA) is 88.1 Å². The lowest BCUT2D eigenvalue weighted by molar-refractivity contribution is -0.119. The monoisotopic (exact) mass is 617 g/mol. The molecule has 0 spiro atoms. The number of hydrazone groups is 1. The fourth-order valence-electron chi connectivity index (χ4n) is 4.21. The Morgan fingerprint density at radius 3 is 2.19 bits per heavy atom. The number of fused-ring (bicyclic) bond motifs is 1. The fourth-order valence-corrected chi connectivity index (χ4v) is 6.15. The van der Waals surface area contributed by atoms with Crippen molar-refractivity contribution in [1.29, 1.82) is 0 Å². The van der Waals surface area contributed by atoms with Gasteiger partial charge in [-0.1, -0.05) is 77.8 Å². The number of rotatable bonds is 10. The zero-order valence-electron chi connectivity index (χ0n) is 22.2. The normalized spacial score (nSPS) is 11.5. The number of sulfonamides is 1. The van der Waals surface area contributed by atoms with Crippen LogP contribution >= 0.6 is 23.2 Å². The predicted octanol–water partition coefficient (Wildman–Crippen LogP) is 7.07. The van der Waals surface area contributed by atoms with Gasteiger partial charge in [0.2, 0.25) is 0 Å². The number of benzene rings is 5. The third-order valence-electron chi connectivity index (χ3n) is 6.26. The fraction of sp³-hybridized carbons (Fsp3) is 0.0625. The molecule has 0 fully saturated rings. The molecule has 10 heteroatoms. The van der Waals surface area contributed by atoms with Crippen LogP contribution in [0.1, 0.15) is 11.1 Å². The highest BCUT2D eigenvalue weighted by molar-refractivity contribution is 7.92. The molecule has 7 nitrogen and oxygen atoms in total. The lowest BCUT2D eigenvalue weighted by Crippen LogP contribution is -2.39. The Kier molecular flexibility index (Phi) is 9.07. The summed E-state index contributed by atoms with van der Waals surface area (Å²) >= 11 is 12.2. The van der Waals surface area contributed by atoms with Crippen molar-refractivity contribution in [2.24, 2.45) is 5.10 Å². The zero-order valence-corrected chi connectivity index (χ0v) is 24.5. The molecule has 0 saturated heterocycles. The van der Waals surface area contributed by atoms with Gasteiger partial charge in [0.15, 0.2) is 0 Å². The minimum atomic E-state index is -4.11. The molecule has 0 bridgehead atoms. The number of carbonyl (C=O) groups is 1. The minimum Gasteiger partial charge on any atom is -0.489 e. The van der Waals surface area contributed by atoms with Crippen molar-refractivity contribution >= 4 is 61.8 Å². The van der Waals surface area contributed by atoms with Crippen LogP contribution in [0.4, 0.5) is 5.69 Å². The summed E-state index contributed by atoms with van der Waals surface area (Å²) in [7, 11) is -4.11. The van der Waals surface area contributed by atoms with E-state index in [0.717, 1.165) is 15.3 Å². The second-order valence-electron chi connectivity index (χ2n) is 9.28. The van der Waals surface area contributed by atoms with E-state index < -0.39 is 22.5 Å². The molecule has 42 heavy (non-hydrogen) atoms. The maximum absolute atomic E-state index is 13.4. The number of nitrogens with one attached hydrogen (secondary N) is 1. The van der Waals surface area contributed by atoms with E-state index in [1.165, 1.54) is 41.9 Å². The molecule has 1 amide bonds. The van der Waals surface area contributed by atoms with Crippen molar-refractivity contribution in [2.45, 2.75) is 11.5 Å². The molecular weight excluding hydrogens is 593 g/mol. The van der Waals surface area contributed by atoms with Crippen LogP contribution in [0, 0.1) is 0 Å². The number of carbonyl (C=O) groups excluding carboxylic acids is 1. The molecule has 1 N–H and O–H groups in total. The Bertz CT molecular complexity index is 1830.